The summed E-state index contributed by atoms with van der Waals surface area (Å²) in [5.41, 5.74) is 0.484. The van der Waals surface area contributed by atoms with Gasteiger partial charge in [0.25, 0.3) is 0 Å². The Labute approximate surface area is 128 Å². The molecule has 2 atom stereocenters. The normalized spacial score (nSPS) is 24.7. The first-order valence-corrected chi connectivity index (χ1v) is 8.26. The third-order valence-corrected chi connectivity index (χ3v) is 5.97. The Hall–Kier alpha value is -1.71. The van der Waals surface area contributed by atoms with Crippen LogP contribution in [-0.2, 0) is 16.0 Å². The van der Waals surface area contributed by atoms with Crippen LogP contribution in [0.1, 0.15) is 18.4 Å². The van der Waals surface area contributed by atoms with E-state index in [4.69, 9.17) is 0 Å². The van der Waals surface area contributed by atoms with Crippen molar-refractivity contribution in [2.24, 2.45) is 16.9 Å². The highest BCUT2D eigenvalue weighted by molar-refractivity contribution is 7.92. The molecule has 3 rings (SSSR count). The molecule has 1 aliphatic heterocycles. The molecule has 1 aromatic rings. The molecule has 0 aromatic heterocycles. The van der Waals surface area contributed by atoms with E-state index in [1.165, 1.54) is 6.21 Å². The number of halogens is 5. The Morgan fingerprint density at radius 3 is 2.35 bits per heavy atom. The summed E-state index contributed by atoms with van der Waals surface area (Å²) in [5, 5.41) is 2.35. The zero-order valence-corrected chi connectivity index (χ0v) is 12.3. The van der Waals surface area contributed by atoms with E-state index in [1.54, 1.807) is 0 Å². The first-order chi connectivity index (χ1) is 10.6. The maximum atomic E-state index is 14.0. The van der Waals surface area contributed by atoms with E-state index in [2.05, 4.69) is 10.5 Å². The Morgan fingerprint density at radius 1 is 1.13 bits per heavy atom. The van der Waals surface area contributed by atoms with Crippen LogP contribution in [0.2, 0.25) is 0 Å². The first-order valence-electron chi connectivity index (χ1n) is 6.72. The molecule has 0 bridgehead atoms. The molecule has 1 heterocycles. The Balaban J connectivity index is 2.02. The van der Waals surface area contributed by atoms with Gasteiger partial charge in [-0.25, -0.2) is 17.2 Å². The van der Waals surface area contributed by atoms with Gasteiger partial charge in [-0.15, -0.1) is 0 Å². The number of nitrogens with zero attached hydrogens (tertiary/aromatic N) is 1. The van der Waals surface area contributed by atoms with Gasteiger partial charge in [0.15, 0.2) is 17.0 Å². The molecule has 1 fully saturated rings. The molecule has 1 saturated carbocycles. The van der Waals surface area contributed by atoms with Gasteiger partial charge in [-0.1, -0.05) is 0 Å². The van der Waals surface area contributed by atoms with Crippen LogP contribution in [0.15, 0.2) is 22.1 Å². The summed E-state index contributed by atoms with van der Waals surface area (Å²) in [6.45, 7) is 0. The molecule has 10 heteroatoms. The van der Waals surface area contributed by atoms with Crippen LogP contribution in [0.4, 0.5) is 22.0 Å². The molecule has 126 valence electrons. The van der Waals surface area contributed by atoms with Gasteiger partial charge >= 0.3 is 6.18 Å². The minimum absolute atomic E-state index is 0.0656. The van der Waals surface area contributed by atoms with Gasteiger partial charge in [0.05, 0.1) is 5.56 Å². The molecule has 1 N–H and O–H groups in total. The fraction of sp³-hybridized carbons (Fsp3) is 0.462. The lowest BCUT2D eigenvalue weighted by Gasteiger charge is -2.19. The van der Waals surface area contributed by atoms with E-state index in [1.807, 2.05) is 0 Å². The van der Waals surface area contributed by atoms with Crippen LogP contribution in [0, 0.1) is 23.5 Å². The summed E-state index contributed by atoms with van der Waals surface area (Å²) in [5.74, 6) is -4.69. The second kappa shape index (κ2) is 5.15. The lowest BCUT2D eigenvalue weighted by atomic mass is 10.1. The Kier molecular flexibility index (Phi) is 3.62. The molecule has 0 amide bonds. The third kappa shape index (κ3) is 2.68. The summed E-state index contributed by atoms with van der Waals surface area (Å²) in [7, 11) is -4.43. The number of benzene rings is 1. The highest BCUT2D eigenvalue weighted by Crippen LogP contribution is 2.42. The van der Waals surface area contributed by atoms with Gasteiger partial charge in [0.1, 0.15) is 4.90 Å². The second-order valence-corrected chi connectivity index (χ2v) is 7.56. The molecule has 23 heavy (non-hydrogen) atoms. The maximum absolute atomic E-state index is 14.0. The largest absolute Gasteiger partial charge is 0.419 e. The smallest absolute Gasteiger partial charge is 0.291 e. The van der Waals surface area contributed by atoms with E-state index in [9.17, 15) is 30.4 Å². The van der Waals surface area contributed by atoms with Crippen molar-refractivity contribution in [3.05, 3.63) is 29.3 Å². The minimum atomic E-state index is -5.11. The quantitative estimate of drug-likeness (QED) is 0.849. The fourth-order valence-electron chi connectivity index (χ4n) is 2.60. The van der Waals surface area contributed by atoms with Gasteiger partial charge in [0, 0.05) is 12.1 Å². The van der Waals surface area contributed by atoms with Crippen LogP contribution in [0.5, 0.6) is 0 Å². The van der Waals surface area contributed by atoms with Crippen LogP contribution >= 0.6 is 0 Å². The number of hydrogen-bond donors (Lipinski definition) is 1. The lowest BCUT2D eigenvalue weighted by Crippen LogP contribution is -2.37. The van der Waals surface area contributed by atoms with E-state index in [-0.39, 0.29) is 12.0 Å². The summed E-state index contributed by atoms with van der Waals surface area (Å²) >= 11 is 0. The molecule has 0 radical (unpaired) electrons. The molecule has 0 unspecified atom stereocenters. The maximum Gasteiger partial charge on any atom is 0.419 e. The highest BCUT2D eigenvalue weighted by atomic mass is 32.2. The molecule has 0 spiro atoms. The number of hydrazone groups is 1. The molecule has 2 aliphatic rings. The van der Waals surface area contributed by atoms with Gasteiger partial charge in [-0.3, -0.25) is 5.43 Å². The van der Waals surface area contributed by atoms with E-state index in [0.717, 1.165) is 12.8 Å². The van der Waals surface area contributed by atoms with Crippen molar-refractivity contribution in [1.82, 2.24) is 5.43 Å². The van der Waals surface area contributed by atoms with Crippen LogP contribution in [-0.4, -0.2) is 20.0 Å². The number of rotatable bonds is 3. The van der Waals surface area contributed by atoms with Crippen molar-refractivity contribution in [3.63, 3.8) is 0 Å². The van der Waals surface area contributed by atoms with Gasteiger partial charge in [-0.05, 0) is 30.9 Å². The summed E-state index contributed by atoms with van der Waals surface area (Å²) in [4.78, 5) is -1.10. The van der Waals surface area contributed by atoms with Crippen LogP contribution in [0.3, 0.4) is 0 Å². The van der Waals surface area contributed by atoms with Crippen molar-refractivity contribution in [2.75, 3.05) is 0 Å². The molecule has 0 saturated heterocycles. The van der Waals surface area contributed by atoms with Gasteiger partial charge in [0.2, 0.25) is 9.84 Å². The van der Waals surface area contributed by atoms with Crippen LogP contribution < -0.4 is 5.43 Å². The topological polar surface area (TPSA) is 58.5 Å². The van der Waals surface area contributed by atoms with E-state index < -0.39 is 49.4 Å². The summed E-state index contributed by atoms with van der Waals surface area (Å²) < 4.78 is 90.2. The monoisotopic (exact) mass is 354 g/mol. The van der Waals surface area contributed by atoms with Crippen LogP contribution in [0.25, 0.3) is 0 Å². The molecule has 1 aromatic carbocycles. The SMILES string of the molecule is O=S(=O)(c1ccc(C(F)(F)F)c(F)c1F)[C@H]1NN=C[C@H]1C1CC1. The highest BCUT2D eigenvalue weighted by Gasteiger charge is 2.46. The average molecular weight is 354 g/mol. The van der Waals surface area contributed by atoms with E-state index >= 15 is 0 Å². The molecular formula is C13H11F5N2O2S. The number of sulfone groups is 1. The molecular weight excluding hydrogens is 343 g/mol. The van der Waals surface area contributed by atoms with Crippen molar-refractivity contribution in [3.8, 4) is 0 Å². The average Bonchev–Trinajstić information content (AvgIpc) is 3.16. The standard InChI is InChI=1S/C13H11F5N2O2S/c14-10-8(13(16,17)18)3-4-9(11(10)15)23(21,22)12-7(5-19-20-12)6-1-2-6/h3-7,12,20H,1-2H2/t7-,12+/m0/s1. The predicted molar refractivity (Wildman–Crippen MR) is 70.2 cm³/mol. The summed E-state index contributed by atoms with van der Waals surface area (Å²) in [6, 6.07) is 0.674. The molecule has 4 nitrogen and oxygen atoms in total. The van der Waals surface area contributed by atoms with Crippen molar-refractivity contribution >= 4 is 16.1 Å². The van der Waals surface area contributed by atoms with E-state index in [0.29, 0.717) is 6.07 Å². The first kappa shape index (κ1) is 16.2. The summed E-state index contributed by atoms with van der Waals surface area (Å²) in [6.07, 6.45) is -2.15. The van der Waals surface area contributed by atoms with Crippen molar-refractivity contribution < 1.29 is 30.4 Å². The molecule has 1 aliphatic carbocycles. The zero-order valence-electron chi connectivity index (χ0n) is 11.4. The second-order valence-electron chi connectivity index (χ2n) is 5.52. The fourth-order valence-corrected chi connectivity index (χ4v) is 4.38. The van der Waals surface area contributed by atoms with Gasteiger partial charge in [-0.2, -0.15) is 18.3 Å². The number of alkyl halides is 3. The Morgan fingerprint density at radius 2 is 1.78 bits per heavy atom. The Bertz CT molecular complexity index is 771. The zero-order chi connectivity index (χ0) is 17.0. The van der Waals surface area contributed by atoms with Crippen molar-refractivity contribution in [1.29, 1.82) is 0 Å². The van der Waals surface area contributed by atoms with Crippen molar-refractivity contribution in [2.45, 2.75) is 29.3 Å². The lowest BCUT2D eigenvalue weighted by molar-refractivity contribution is -0.140. The predicted octanol–water partition coefficient (Wildman–Crippen LogP) is 2.70. The minimum Gasteiger partial charge on any atom is -0.291 e. The van der Waals surface area contributed by atoms with Gasteiger partial charge < -0.3 is 0 Å². The number of nitrogens with one attached hydrogen (secondary N) is 1. The third-order valence-electron chi connectivity index (χ3n) is 3.96. The number of hydrogen-bond acceptors (Lipinski definition) is 4.